The molecule has 0 aliphatic carbocycles. The number of rotatable bonds is 2. The van der Waals surface area contributed by atoms with Crippen LogP contribution in [0, 0.1) is 0 Å². The molecule has 2 rings (SSSR count). The lowest BCUT2D eigenvalue weighted by molar-refractivity contribution is 0.0714. The van der Waals surface area contributed by atoms with Gasteiger partial charge in [-0.15, -0.1) is 0 Å². The Kier molecular flexibility index (Phi) is 2.60. The van der Waals surface area contributed by atoms with Gasteiger partial charge in [-0.05, 0) is 10.4 Å². The van der Waals surface area contributed by atoms with Crippen LogP contribution in [-0.2, 0) is 11.8 Å². The summed E-state index contributed by atoms with van der Waals surface area (Å²) in [4.78, 5) is 1.96. The Morgan fingerprint density at radius 1 is 1.64 bits per heavy atom. The zero-order chi connectivity index (χ0) is 9.97. The van der Waals surface area contributed by atoms with Gasteiger partial charge in [0.15, 0.2) is 0 Å². The fourth-order valence-electron chi connectivity index (χ4n) is 1.54. The zero-order valence-electron chi connectivity index (χ0n) is 8.00. The quantitative estimate of drug-likeness (QED) is 0.618. The Morgan fingerprint density at radius 2 is 2.50 bits per heavy atom. The molecule has 0 spiro atoms. The van der Waals surface area contributed by atoms with Gasteiger partial charge < -0.3 is 14.7 Å². The van der Waals surface area contributed by atoms with Gasteiger partial charge in [0.05, 0.1) is 25.9 Å². The topological polar surface area (TPSA) is 76.3 Å². The third-order valence-electron chi connectivity index (χ3n) is 2.29. The highest BCUT2D eigenvalue weighted by atomic mass is 16.5. The van der Waals surface area contributed by atoms with E-state index in [1.807, 2.05) is 4.90 Å². The van der Waals surface area contributed by atoms with Gasteiger partial charge in [0, 0.05) is 13.6 Å². The summed E-state index contributed by atoms with van der Waals surface area (Å²) in [5.41, 5.74) is 0. The second-order valence-corrected chi connectivity index (χ2v) is 3.21. The number of tetrazole rings is 1. The first-order valence-corrected chi connectivity index (χ1v) is 4.50. The highest BCUT2D eigenvalue weighted by Crippen LogP contribution is 2.14. The van der Waals surface area contributed by atoms with Gasteiger partial charge in [0.2, 0.25) is 5.95 Å². The Morgan fingerprint density at radius 3 is 3.14 bits per heavy atom. The Bertz CT molecular complexity index is 302. The summed E-state index contributed by atoms with van der Waals surface area (Å²) in [6.07, 6.45) is 0. The number of anilines is 1. The van der Waals surface area contributed by atoms with E-state index in [2.05, 4.69) is 15.5 Å². The van der Waals surface area contributed by atoms with E-state index in [-0.39, 0.29) is 12.6 Å². The molecule has 1 saturated heterocycles. The fraction of sp³-hybridized carbons (Fsp3) is 0.857. The molecule has 0 aromatic carbocycles. The third kappa shape index (κ3) is 1.55. The smallest absolute Gasteiger partial charge is 0.245 e. The van der Waals surface area contributed by atoms with Gasteiger partial charge in [0.25, 0.3) is 0 Å². The molecule has 1 aliphatic rings. The second kappa shape index (κ2) is 3.89. The number of aryl methyl sites for hydroxylation is 1. The summed E-state index contributed by atoms with van der Waals surface area (Å²) in [5, 5.41) is 20.4. The molecule has 1 fully saturated rings. The van der Waals surface area contributed by atoms with Crippen molar-refractivity contribution >= 4 is 5.95 Å². The van der Waals surface area contributed by atoms with E-state index < -0.39 is 0 Å². The van der Waals surface area contributed by atoms with E-state index in [0.717, 1.165) is 0 Å². The molecule has 1 aliphatic heterocycles. The highest BCUT2D eigenvalue weighted by molar-refractivity contribution is 5.30. The Labute approximate surface area is 81.3 Å². The van der Waals surface area contributed by atoms with Gasteiger partial charge in [-0.25, -0.2) is 4.68 Å². The van der Waals surface area contributed by atoms with Crippen LogP contribution < -0.4 is 4.90 Å². The van der Waals surface area contributed by atoms with Crippen LogP contribution in [-0.4, -0.2) is 57.7 Å². The Hall–Kier alpha value is -1.21. The average molecular weight is 199 g/mol. The minimum Gasteiger partial charge on any atom is -0.394 e. The number of hydrogen-bond donors (Lipinski definition) is 1. The molecule has 7 heteroatoms. The number of nitrogens with zero attached hydrogens (tertiary/aromatic N) is 5. The van der Waals surface area contributed by atoms with E-state index >= 15 is 0 Å². The molecule has 1 N–H and O–H groups in total. The third-order valence-corrected chi connectivity index (χ3v) is 2.29. The number of aliphatic hydroxyl groups excluding tert-OH is 1. The molecule has 0 bridgehead atoms. The van der Waals surface area contributed by atoms with Crippen LogP contribution in [0.25, 0.3) is 0 Å². The molecular formula is C7H13N5O2. The second-order valence-electron chi connectivity index (χ2n) is 3.21. The minimum atomic E-state index is -0.0477. The maximum Gasteiger partial charge on any atom is 0.245 e. The van der Waals surface area contributed by atoms with Gasteiger partial charge in [-0.2, -0.15) is 0 Å². The number of ether oxygens (including phenoxy) is 1. The first-order valence-electron chi connectivity index (χ1n) is 4.50. The molecule has 0 amide bonds. The van der Waals surface area contributed by atoms with Crippen LogP contribution in [0.1, 0.15) is 0 Å². The van der Waals surface area contributed by atoms with Crippen molar-refractivity contribution in [3.63, 3.8) is 0 Å². The van der Waals surface area contributed by atoms with E-state index in [1.54, 1.807) is 11.7 Å². The maximum atomic E-state index is 9.15. The lowest BCUT2D eigenvalue weighted by Crippen LogP contribution is -2.48. The molecule has 0 radical (unpaired) electrons. The van der Waals surface area contributed by atoms with Gasteiger partial charge in [0.1, 0.15) is 0 Å². The SMILES string of the molecule is Cn1nnnc1N1CCOCC1CO. The summed E-state index contributed by atoms with van der Waals surface area (Å²) in [6, 6.07) is -0.0477. The summed E-state index contributed by atoms with van der Waals surface area (Å²) >= 11 is 0. The van der Waals surface area contributed by atoms with E-state index in [4.69, 9.17) is 9.84 Å². The number of aromatic nitrogens is 4. The molecule has 14 heavy (non-hydrogen) atoms. The largest absolute Gasteiger partial charge is 0.394 e. The van der Waals surface area contributed by atoms with Crippen molar-refractivity contribution < 1.29 is 9.84 Å². The summed E-state index contributed by atoms with van der Waals surface area (Å²) in [5.74, 6) is 0.673. The van der Waals surface area contributed by atoms with Crippen LogP contribution in [0.4, 0.5) is 5.95 Å². The van der Waals surface area contributed by atoms with Crippen LogP contribution in [0.3, 0.4) is 0 Å². The van der Waals surface area contributed by atoms with E-state index in [1.165, 1.54) is 0 Å². The van der Waals surface area contributed by atoms with Crippen molar-refractivity contribution in [1.29, 1.82) is 0 Å². The molecule has 1 unspecified atom stereocenters. The van der Waals surface area contributed by atoms with Crippen LogP contribution >= 0.6 is 0 Å². The monoisotopic (exact) mass is 199 g/mol. The molecule has 1 atom stereocenters. The number of morpholine rings is 1. The molecule has 78 valence electrons. The molecular weight excluding hydrogens is 186 g/mol. The lowest BCUT2D eigenvalue weighted by atomic mass is 10.2. The van der Waals surface area contributed by atoms with Gasteiger partial charge in [-0.1, -0.05) is 5.10 Å². The molecule has 2 heterocycles. The minimum absolute atomic E-state index is 0.0477. The first kappa shape index (κ1) is 9.35. The zero-order valence-corrected chi connectivity index (χ0v) is 8.00. The van der Waals surface area contributed by atoms with E-state index in [9.17, 15) is 0 Å². The van der Waals surface area contributed by atoms with Crippen molar-refractivity contribution in [3.05, 3.63) is 0 Å². The highest BCUT2D eigenvalue weighted by Gasteiger charge is 2.25. The summed E-state index contributed by atoms with van der Waals surface area (Å²) in [7, 11) is 1.78. The molecule has 7 nitrogen and oxygen atoms in total. The number of aliphatic hydroxyl groups is 1. The Balaban J connectivity index is 2.19. The molecule has 0 saturated carbocycles. The predicted octanol–water partition coefficient (Wildman–Crippen LogP) is -1.59. The van der Waals surface area contributed by atoms with Crippen molar-refractivity contribution in [3.8, 4) is 0 Å². The summed E-state index contributed by atoms with van der Waals surface area (Å²) < 4.78 is 6.85. The average Bonchev–Trinajstić information content (AvgIpc) is 2.64. The van der Waals surface area contributed by atoms with Crippen LogP contribution in [0.2, 0.25) is 0 Å². The molecule has 1 aromatic heterocycles. The number of hydrogen-bond acceptors (Lipinski definition) is 6. The first-order chi connectivity index (χ1) is 6.83. The molecule has 1 aromatic rings. The van der Waals surface area contributed by atoms with Crippen molar-refractivity contribution in [1.82, 2.24) is 20.2 Å². The predicted molar refractivity (Wildman–Crippen MR) is 47.8 cm³/mol. The lowest BCUT2D eigenvalue weighted by Gasteiger charge is -2.34. The van der Waals surface area contributed by atoms with Crippen molar-refractivity contribution in [2.45, 2.75) is 6.04 Å². The fourth-order valence-corrected chi connectivity index (χ4v) is 1.54. The van der Waals surface area contributed by atoms with Crippen LogP contribution in [0.5, 0.6) is 0 Å². The van der Waals surface area contributed by atoms with Gasteiger partial charge in [-0.3, -0.25) is 0 Å². The standard InChI is InChI=1S/C7H13N5O2/c1-11-7(8-9-10-11)12-2-3-14-5-6(12)4-13/h6,13H,2-5H2,1H3. The summed E-state index contributed by atoms with van der Waals surface area (Å²) in [6.45, 7) is 1.92. The maximum absolute atomic E-state index is 9.15. The van der Waals surface area contributed by atoms with Gasteiger partial charge >= 0.3 is 0 Å². The normalized spacial score (nSPS) is 22.7. The van der Waals surface area contributed by atoms with E-state index in [0.29, 0.717) is 25.7 Å². The van der Waals surface area contributed by atoms with Crippen LogP contribution in [0.15, 0.2) is 0 Å². The van der Waals surface area contributed by atoms with Crippen molar-refractivity contribution in [2.24, 2.45) is 7.05 Å². The van der Waals surface area contributed by atoms with Crippen molar-refractivity contribution in [2.75, 3.05) is 31.3 Å².